The summed E-state index contributed by atoms with van der Waals surface area (Å²) in [6.07, 6.45) is 2.55. The maximum Gasteiger partial charge on any atom is 0.186 e. The number of hydrogen-bond acceptors (Lipinski definition) is 5. The zero-order valence-corrected chi connectivity index (χ0v) is 14.1. The van der Waals surface area contributed by atoms with Crippen LogP contribution in [0, 0.1) is 62.6 Å². The predicted octanol–water partition coefficient (Wildman–Crippen LogP) is 2.54. The summed E-state index contributed by atoms with van der Waals surface area (Å²) in [6.45, 7) is 1.42. The van der Waals surface area contributed by atoms with Crippen molar-refractivity contribution in [2.45, 2.75) is 6.42 Å². The third kappa shape index (κ3) is 2.62. The van der Waals surface area contributed by atoms with Gasteiger partial charge in [0.2, 0.25) is 0 Å². The van der Waals surface area contributed by atoms with Crippen molar-refractivity contribution in [2.24, 2.45) is 23.2 Å². The quantitative estimate of drug-likeness (QED) is 0.843. The number of nitrogens with zero attached hydrogens (tertiary/aromatic N) is 4. The lowest BCUT2D eigenvalue weighted by Crippen LogP contribution is -2.54. The summed E-state index contributed by atoms with van der Waals surface area (Å²) in [7, 11) is 1.99. The zero-order chi connectivity index (χ0) is 18.0. The first-order chi connectivity index (χ1) is 12.1. The van der Waals surface area contributed by atoms with Crippen molar-refractivity contribution < 1.29 is 0 Å². The molecule has 0 bridgehead atoms. The first kappa shape index (κ1) is 16.9. The maximum atomic E-state index is 9.87. The van der Waals surface area contributed by atoms with Gasteiger partial charge in [0.05, 0.1) is 23.9 Å². The fourth-order valence-corrected chi connectivity index (χ4v) is 4.13. The number of nitriles is 3. The molecule has 5 heteroatoms. The molecule has 0 amide bonds. The largest absolute Gasteiger partial charge is 0.305 e. The molecule has 0 spiro atoms. The second-order valence-electron chi connectivity index (χ2n) is 6.84. The molecular weight excluding hydrogens is 310 g/mol. The van der Waals surface area contributed by atoms with Crippen LogP contribution in [0.15, 0.2) is 42.0 Å². The number of fused-ring (bicyclic) bond motifs is 1. The first-order valence-electron chi connectivity index (χ1n) is 8.30. The summed E-state index contributed by atoms with van der Waals surface area (Å²) in [6, 6.07) is 16.2. The van der Waals surface area contributed by atoms with Crippen molar-refractivity contribution in [3.8, 4) is 18.2 Å². The van der Waals surface area contributed by atoms with Gasteiger partial charge in [-0.2, -0.15) is 15.8 Å². The molecule has 1 aliphatic heterocycles. The minimum atomic E-state index is -1.56. The zero-order valence-electron chi connectivity index (χ0n) is 14.1. The Morgan fingerprint density at radius 3 is 2.48 bits per heavy atom. The molecule has 2 aliphatic rings. The number of hydrogen-bond donors (Lipinski definition) is 1. The van der Waals surface area contributed by atoms with E-state index in [1.54, 1.807) is 0 Å². The van der Waals surface area contributed by atoms with Crippen molar-refractivity contribution in [1.82, 2.24) is 4.90 Å². The fraction of sp³-hybridized carbons (Fsp3) is 0.400. The molecule has 3 atom stereocenters. The maximum absolute atomic E-state index is 9.87. The molecule has 1 saturated carbocycles. The average Bonchev–Trinajstić information content (AvgIpc) is 2.64. The van der Waals surface area contributed by atoms with Crippen molar-refractivity contribution in [3.05, 3.63) is 47.5 Å². The standard InChI is InChI=1S/C20H19N5/c1-25-8-7-15-16(10-21)19(24)20(12-22,13-23)18(17(15)11-25)9-14-5-3-2-4-6-14/h2-7,16-18,24H,8-9,11H2,1H3/t16?,17-,18-/m0/s1. The highest BCUT2D eigenvalue weighted by Gasteiger charge is 2.56. The lowest BCUT2D eigenvalue weighted by atomic mass is 9.54. The average molecular weight is 329 g/mol. The van der Waals surface area contributed by atoms with Crippen LogP contribution in [0.25, 0.3) is 0 Å². The Labute approximate surface area is 147 Å². The molecule has 25 heavy (non-hydrogen) atoms. The molecule has 1 aliphatic carbocycles. The van der Waals surface area contributed by atoms with Gasteiger partial charge in [0.25, 0.3) is 0 Å². The van der Waals surface area contributed by atoms with Gasteiger partial charge in [-0.3, -0.25) is 0 Å². The molecule has 1 fully saturated rings. The van der Waals surface area contributed by atoms with Crippen molar-refractivity contribution in [1.29, 1.82) is 21.2 Å². The number of benzene rings is 1. The van der Waals surface area contributed by atoms with Gasteiger partial charge in [-0.05, 0) is 24.6 Å². The van der Waals surface area contributed by atoms with Crippen LogP contribution in [0.4, 0.5) is 0 Å². The van der Waals surface area contributed by atoms with Gasteiger partial charge in [-0.15, -0.1) is 0 Å². The van der Waals surface area contributed by atoms with E-state index in [9.17, 15) is 15.8 Å². The molecule has 1 unspecified atom stereocenters. The number of nitrogens with one attached hydrogen (secondary N) is 1. The lowest BCUT2D eigenvalue weighted by molar-refractivity contribution is 0.187. The SMILES string of the molecule is CN1CC=C2C(C#N)C(=N)C(C#N)(C#N)[C@@H](Cc3ccccc3)[C@H]2C1. The Morgan fingerprint density at radius 2 is 1.88 bits per heavy atom. The molecule has 1 aromatic carbocycles. The van der Waals surface area contributed by atoms with E-state index in [0.717, 1.165) is 17.7 Å². The van der Waals surface area contributed by atoms with Crippen LogP contribution in [0.5, 0.6) is 0 Å². The van der Waals surface area contributed by atoms with Gasteiger partial charge in [0.1, 0.15) is 5.92 Å². The van der Waals surface area contributed by atoms with E-state index in [1.165, 1.54) is 0 Å². The monoisotopic (exact) mass is 329 g/mol. The molecule has 1 aromatic rings. The lowest BCUT2D eigenvalue weighted by Gasteiger charge is -2.47. The fourth-order valence-electron chi connectivity index (χ4n) is 4.13. The number of likely N-dealkylation sites (N-methyl/N-ethyl adjacent to an activating group) is 1. The molecule has 0 aromatic heterocycles. The second-order valence-corrected chi connectivity index (χ2v) is 6.84. The minimum absolute atomic E-state index is 0.0621. The van der Waals surface area contributed by atoms with E-state index in [4.69, 9.17) is 5.41 Å². The molecule has 5 nitrogen and oxygen atoms in total. The normalized spacial score (nSPS) is 28.0. The third-order valence-electron chi connectivity index (χ3n) is 5.44. The molecule has 1 N–H and O–H groups in total. The van der Waals surface area contributed by atoms with E-state index in [2.05, 4.69) is 23.1 Å². The van der Waals surface area contributed by atoms with Crippen LogP contribution in [0.1, 0.15) is 5.56 Å². The van der Waals surface area contributed by atoms with Gasteiger partial charge in [0, 0.05) is 24.9 Å². The van der Waals surface area contributed by atoms with Gasteiger partial charge in [0.15, 0.2) is 5.41 Å². The van der Waals surface area contributed by atoms with Gasteiger partial charge < -0.3 is 10.3 Å². The summed E-state index contributed by atoms with van der Waals surface area (Å²) in [5.74, 6) is -1.18. The molecule has 0 radical (unpaired) electrons. The Kier molecular flexibility index (Phi) is 4.41. The topological polar surface area (TPSA) is 98.5 Å². The van der Waals surface area contributed by atoms with Gasteiger partial charge >= 0.3 is 0 Å². The van der Waals surface area contributed by atoms with Crippen LogP contribution in [0.2, 0.25) is 0 Å². The van der Waals surface area contributed by atoms with Crippen molar-refractivity contribution in [2.75, 3.05) is 20.1 Å². The van der Waals surface area contributed by atoms with Crippen LogP contribution in [-0.2, 0) is 6.42 Å². The Balaban J connectivity index is 2.13. The summed E-state index contributed by atoms with van der Waals surface area (Å²) >= 11 is 0. The Morgan fingerprint density at radius 1 is 1.20 bits per heavy atom. The van der Waals surface area contributed by atoms with Crippen LogP contribution in [0.3, 0.4) is 0 Å². The molecule has 1 heterocycles. The van der Waals surface area contributed by atoms with E-state index in [0.29, 0.717) is 13.0 Å². The summed E-state index contributed by atoms with van der Waals surface area (Å²) in [4.78, 5) is 2.13. The van der Waals surface area contributed by atoms with E-state index >= 15 is 0 Å². The molecule has 3 rings (SSSR count). The Hall–Kier alpha value is -2.94. The second kappa shape index (κ2) is 6.52. The van der Waals surface area contributed by atoms with Crippen molar-refractivity contribution in [3.63, 3.8) is 0 Å². The predicted molar refractivity (Wildman–Crippen MR) is 93.2 cm³/mol. The van der Waals surface area contributed by atoms with Crippen molar-refractivity contribution >= 4 is 5.71 Å². The van der Waals surface area contributed by atoms with Crippen LogP contribution >= 0.6 is 0 Å². The smallest absolute Gasteiger partial charge is 0.186 e. The summed E-state index contributed by atoms with van der Waals surface area (Å²) < 4.78 is 0. The summed E-state index contributed by atoms with van der Waals surface area (Å²) in [5, 5.41) is 37.8. The third-order valence-corrected chi connectivity index (χ3v) is 5.44. The number of rotatable bonds is 2. The highest BCUT2D eigenvalue weighted by Crippen LogP contribution is 2.49. The Bertz CT molecular complexity index is 820. The molecular formula is C20H19N5. The summed E-state index contributed by atoms with van der Waals surface area (Å²) in [5.41, 5.74) is 0.329. The van der Waals surface area contributed by atoms with E-state index in [-0.39, 0.29) is 17.5 Å². The van der Waals surface area contributed by atoms with E-state index in [1.807, 2.05) is 43.5 Å². The first-order valence-corrected chi connectivity index (χ1v) is 8.30. The van der Waals surface area contributed by atoms with Crippen LogP contribution in [-0.4, -0.2) is 30.7 Å². The van der Waals surface area contributed by atoms with Crippen LogP contribution < -0.4 is 0 Å². The van der Waals surface area contributed by atoms with Gasteiger partial charge in [-0.25, -0.2) is 0 Å². The highest BCUT2D eigenvalue weighted by atomic mass is 15.1. The van der Waals surface area contributed by atoms with E-state index < -0.39 is 11.3 Å². The van der Waals surface area contributed by atoms with Gasteiger partial charge in [-0.1, -0.05) is 36.4 Å². The highest BCUT2D eigenvalue weighted by molar-refractivity contribution is 6.00. The molecule has 124 valence electrons. The minimum Gasteiger partial charge on any atom is -0.305 e. The molecule has 0 saturated heterocycles.